The molecule has 1 aromatic rings. The molecule has 0 spiro atoms. The summed E-state index contributed by atoms with van der Waals surface area (Å²) in [5.74, 6) is 0.0285. The summed E-state index contributed by atoms with van der Waals surface area (Å²) in [7, 11) is 0. The fourth-order valence-corrected chi connectivity index (χ4v) is 2.69. The molecule has 0 unspecified atom stereocenters. The largest absolute Gasteiger partial charge is 0.482 e. The molecule has 1 heterocycles. The first-order valence-corrected chi connectivity index (χ1v) is 8.99. The molecular weight excluding hydrogens is 350 g/mol. The highest BCUT2D eigenvalue weighted by Crippen LogP contribution is 2.34. The Labute approximate surface area is 159 Å². The van der Waals surface area contributed by atoms with E-state index in [9.17, 15) is 14.4 Å². The molecule has 0 saturated heterocycles. The average molecular weight is 377 g/mol. The molecule has 0 radical (unpaired) electrons. The van der Waals surface area contributed by atoms with Crippen molar-refractivity contribution >= 4 is 29.3 Å². The van der Waals surface area contributed by atoms with E-state index in [-0.39, 0.29) is 25.0 Å². The number of nitrogens with zero attached hydrogens (tertiary/aromatic N) is 2. The molecule has 1 aliphatic rings. The van der Waals surface area contributed by atoms with Crippen molar-refractivity contribution in [2.45, 2.75) is 40.2 Å². The summed E-state index contributed by atoms with van der Waals surface area (Å²) >= 11 is 0. The van der Waals surface area contributed by atoms with Crippen molar-refractivity contribution in [2.75, 3.05) is 36.5 Å². The summed E-state index contributed by atoms with van der Waals surface area (Å²) < 4.78 is 10.7. The van der Waals surface area contributed by atoms with Crippen LogP contribution in [0.5, 0.6) is 5.75 Å². The Kier molecular flexibility index (Phi) is 6.30. The van der Waals surface area contributed by atoms with E-state index in [0.29, 0.717) is 30.2 Å². The zero-order valence-electron chi connectivity index (χ0n) is 16.5. The van der Waals surface area contributed by atoms with E-state index in [1.54, 1.807) is 43.9 Å². The molecule has 1 aliphatic heterocycles. The molecule has 2 rings (SSSR count). The normalized spacial score (nSPS) is 13.5. The van der Waals surface area contributed by atoms with E-state index in [2.05, 4.69) is 5.32 Å². The number of carbonyl (C=O) groups is 3. The number of nitrogens with one attached hydrogen (secondary N) is 1. The molecule has 148 valence electrons. The second kappa shape index (κ2) is 8.28. The zero-order chi connectivity index (χ0) is 20.2. The maximum Gasteiger partial charge on any atom is 0.412 e. The van der Waals surface area contributed by atoms with Crippen LogP contribution in [-0.2, 0) is 14.3 Å². The van der Waals surface area contributed by atoms with Gasteiger partial charge in [-0.05, 0) is 52.8 Å². The molecular formula is C19H27N3O5. The number of fused-ring (bicyclic) bond motifs is 1. The standard InChI is InChI=1S/C19H27N3O5/c1-6-21(7-2)16(23)11-22-14-10-13(20-18(25)27-19(3,4)5)8-9-15(14)26-12-17(22)24/h8-10H,6-7,11-12H2,1-5H3,(H,20,25). The monoisotopic (exact) mass is 377 g/mol. The van der Waals surface area contributed by atoms with Gasteiger partial charge in [0.1, 0.15) is 17.9 Å². The first-order chi connectivity index (χ1) is 12.6. The molecule has 1 N–H and O–H groups in total. The van der Waals surface area contributed by atoms with Gasteiger partial charge in [0.15, 0.2) is 6.61 Å². The Morgan fingerprint density at radius 1 is 1.26 bits per heavy atom. The molecule has 0 saturated carbocycles. The molecule has 0 aliphatic carbocycles. The van der Waals surface area contributed by atoms with Crippen LogP contribution in [-0.4, -0.2) is 54.6 Å². The van der Waals surface area contributed by atoms with E-state index in [0.717, 1.165) is 0 Å². The number of hydrogen-bond acceptors (Lipinski definition) is 5. The predicted molar refractivity (Wildman–Crippen MR) is 102 cm³/mol. The molecule has 8 heteroatoms. The Bertz CT molecular complexity index is 723. The number of benzene rings is 1. The van der Waals surface area contributed by atoms with E-state index < -0.39 is 11.7 Å². The van der Waals surface area contributed by atoms with Crippen LogP contribution in [0, 0.1) is 0 Å². The predicted octanol–water partition coefficient (Wildman–Crippen LogP) is 2.63. The van der Waals surface area contributed by atoms with E-state index >= 15 is 0 Å². The van der Waals surface area contributed by atoms with Crippen LogP contribution < -0.4 is 15.0 Å². The highest BCUT2D eigenvalue weighted by molar-refractivity contribution is 6.03. The molecule has 1 aromatic carbocycles. The van der Waals surface area contributed by atoms with Crippen molar-refractivity contribution in [3.8, 4) is 5.75 Å². The summed E-state index contributed by atoms with van der Waals surface area (Å²) in [6.07, 6.45) is -0.601. The van der Waals surface area contributed by atoms with Crippen LogP contribution in [0.3, 0.4) is 0 Å². The Morgan fingerprint density at radius 3 is 2.52 bits per heavy atom. The summed E-state index contributed by atoms with van der Waals surface area (Å²) in [6.45, 7) is 10.0. The van der Waals surface area contributed by atoms with Gasteiger partial charge in [-0.2, -0.15) is 0 Å². The van der Waals surface area contributed by atoms with Crippen molar-refractivity contribution < 1.29 is 23.9 Å². The highest BCUT2D eigenvalue weighted by Gasteiger charge is 2.29. The molecule has 27 heavy (non-hydrogen) atoms. The SMILES string of the molecule is CCN(CC)C(=O)CN1C(=O)COc2ccc(NC(=O)OC(C)(C)C)cc21. The lowest BCUT2D eigenvalue weighted by Crippen LogP contribution is -2.46. The number of carbonyl (C=O) groups excluding carboxylic acids is 3. The third-order valence-electron chi connectivity index (χ3n) is 3.96. The number of anilines is 2. The van der Waals surface area contributed by atoms with Crippen molar-refractivity contribution in [1.82, 2.24) is 4.90 Å². The van der Waals surface area contributed by atoms with Crippen LogP contribution in [0.4, 0.5) is 16.2 Å². The van der Waals surface area contributed by atoms with Gasteiger partial charge in [-0.1, -0.05) is 0 Å². The Hall–Kier alpha value is -2.77. The van der Waals surface area contributed by atoms with Gasteiger partial charge in [-0.25, -0.2) is 4.79 Å². The molecule has 3 amide bonds. The number of rotatable bonds is 5. The van der Waals surface area contributed by atoms with Crippen LogP contribution in [0.25, 0.3) is 0 Å². The number of ether oxygens (including phenoxy) is 2. The molecule has 0 fully saturated rings. The minimum Gasteiger partial charge on any atom is -0.482 e. The van der Waals surface area contributed by atoms with Crippen molar-refractivity contribution in [3.05, 3.63) is 18.2 Å². The van der Waals surface area contributed by atoms with Gasteiger partial charge in [0.2, 0.25) is 5.91 Å². The molecule has 8 nitrogen and oxygen atoms in total. The van der Waals surface area contributed by atoms with Crippen molar-refractivity contribution in [1.29, 1.82) is 0 Å². The van der Waals surface area contributed by atoms with Gasteiger partial charge in [0, 0.05) is 18.8 Å². The molecule has 0 bridgehead atoms. The maximum absolute atomic E-state index is 12.4. The van der Waals surface area contributed by atoms with Crippen LogP contribution in [0.2, 0.25) is 0 Å². The van der Waals surface area contributed by atoms with Gasteiger partial charge in [0.05, 0.1) is 5.69 Å². The quantitative estimate of drug-likeness (QED) is 0.852. The summed E-state index contributed by atoms with van der Waals surface area (Å²) in [5, 5.41) is 2.63. The number of hydrogen-bond donors (Lipinski definition) is 1. The van der Waals surface area contributed by atoms with Gasteiger partial charge >= 0.3 is 6.09 Å². The maximum atomic E-state index is 12.4. The lowest BCUT2D eigenvalue weighted by atomic mass is 10.2. The van der Waals surface area contributed by atoms with Crippen molar-refractivity contribution in [3.63, 3.8) is 0 Å². The third-order valence-corrected chi connectivity index (χ3v) is 3.96. The minimum atomic E-state index is -0.625. The van der Waals surface area contributed by atoms with Gasteiger partial charge in [0.25, 0.3) is 5.91 Å². The van der Waals surface area contributed by atoms with Crippen LogP contribution in [0.1, 0.15) is 34.6 Å². The summed E-state index contributed by atoms with van der Waals surface area (Å²) in [6, 6.07) is 4.91. The smallest absolute Gasteiger partial charge is 0.412 e. The zero-order valence-corrected chi connectivity index (χ0v) is 16.5. The first kappa shape index (κ1) is 20.5. The highest BCUT2D eigenvalue weighted by atomic mass is 16.6. The fourth-order valence-electron chi connectivity index (χ4n) is 2.69. The molecule has 0 aromatic heterocycles. The lowest BCUT2D eigenvalue weighted by Gasteiger charge is -2.31. The second-order valence-electron chi connectivity index (χ2n) is 7.14. The van der Waals surface area contributed by atoms with Gasteiger partial charge in [-0.15, -0.1) is 0 Å². The average Bonchev–Trinajstić information content (AvgIpc) is 2.57. The van der Waals surface area contributed by atoms with Gasteiger partial charge < -0.3 is 14.4 Å². The first-order valence-electron chi connectivity index (χ1n) is 8.99. The fraction of sp³-hybridized carbons (Fsp3) is 0.526. The Morgan fingerprint density at radius 2 is 1.93 bits per heavy atom. The topological polar surface area (TPSA) is 88.2 Å². The van der Waals surface area contributed by atoms with E-state index in [4.69, 9.17) is 9.47 Å². The van der Waals surface area contributed by atoms with Crippen LogP contribution in [0.15, 0.2) is 18.2 Å². The second-order valence-corrected chi connectivity index (χ2v) is 7.14. The van der Waals surface area contributed by atoms with Gasteiger partial charge in [-0.3, -0.25) is 19.8 Å². The number of likely N-dealkylation sites (N-methyl/N-ethyl adjacent to an activating group) is 1. The lowest BCUT2D eigenvalue weighted by molar-refractivity contribution is -0.131. The summed E-state index contributed by atoms with van der Waals surface area (Å²) in [4.78, 5) is 39.8. The minimum absolute atomic E-state index is 0.0766. The van der Waals surface area contributed by atoms with E-state index in [1.165, 1.54) is 4.90 Å². The summed E-state index contributed by atoms with van der Waals surface area (Å²) in [5.41, 5.74) is 0.265. The third kappa shape index (κ3) is 5.35. The number of amides is 3. The van der Waals surface area contributed by atoms with Crippen molar-refractivity contribution in [2.24, 2.45) is 0 Å². The van der Waals surface area contributed by atoms with Crippen LogP contribution >= 0.6 is 0 Å². The van der Waals surface area contributed by atoms with E-state index in [1.807, 2.05) is 13.8 Å². The molecule has 0 atom stereocenters. The Balaban J connectivity index is 2.22.